The van der Waals surface area contributed by atoms with Crippen LogP contribution in [-0.2, 0) is 13.0 Å². The molecule has 0 spiro atoms. The molecule has 4 rings (SSSR count). The largest absolute Gasteiger partial charge is 0.491 e. The van der Waals surface area contributed by atoms with Crippen molar-refractivity contribution in [3.8, 4) is 5.75 Å². The highest BCUT2D eigenvalue weighted by Crippen LogP contribution is 2.23. The number of para-hydroxylation sites is 1. The Morgan fingerprint density at radius 1 is 1.07 bits per heavy atom. The van der Waals surface area contributed by atoms with Crippen molar-refractivity contribution in [2.24, 2.45) is 0 Å². The predicted octanol–water partition coefficient (Wildman–Crippen LogP) is 2.35. The topological polar surface area (TPSA) is 66.5 Å². The maximum Gasteiger partial charge on any atom is 0.315 e. The van der Waals surface area contributed by atoms with E-state index in [9.17, 15) is 4.79 Å². The fourth-order valence-corrected chi connectivity index (χ4v) is 3.79. The summed E-state index contributed by atoms with van der Waals surface area (Å²) >= 11 is 0. The number of benzene rings is 1. The maximum absolute atomic E-state index is 12.4. The molecule has 142 valence electrons. The third kappa shape index (κ3) is 4.77. The van der Waals surface area contributed by atoms with E-state index in [2.05, 4.69) is 32.7 Å². The number of fused-ring (bicyclic) bond motifs is 1. The van der Waals surface area contributed by atoms with Crippen LogP contribution in [0.2, 0.25) is 0 Å². The molecule has 1 aromatic heterocycles. The number of piperidine rings is 1. The number of likely N-dealkylation sites (tertiary alicyclic amines) is 1. The van der Waals surface area contributed by atoms with Crippen LogP contribution in [0, 0.1) is 0 Å². The van der Waals surface area contributed by atoms with Gasteiger partial charge >= 0.3 is 6.03 Å². The molecule has 1 atom stereocenters. The lowest BCUT2D eigenvalue weighted by Gasteiger charge is -2.33. The second kappa shape index (κ2) is 8.39. The van der Waals surface area contributed by atoms with Crippen LogP contribution in [-0.4, -0.2) is 47.7 Å². The zero-order chi connectivity index (χ0) is 18.5. The summed E-state index contributed by atoms with van der Waals surface area (Å²) in [7, 11) is 0. The van der Waals surface area contributed by atoms with Gasteiger partial charge in [0.1, 0.15) is 12.4 Å². The summed E-state index contributed by atoms with van der Waals surface area (Å²) in [4.78, 5) is 19.1. The third-order valence-corrected chi connectivity index (χ3v) is 5.25. The molecule has 1 fully saturated rings. The maximum atomic E-state index is 12.4. The summed E-state index contributed by atoms with van der Waals surface area (Å²) in [6.07, 6.45) is 4.57. The van der Waals surface area contributed by atoms with Gasteiger partial charge in [0.05, 0.1) is 11.7 Å². The SMILES string of the molecule is O=C(NC1CCN(Cc2ccccn2)CC1)NC1COc2ccccc2C1. The van der Waals surface area contributed by atoms with Gasteiger partial charge in [-0.05, 0) is 43.0 Å². The Hall–Kier alpha value is -2.60. The Morgan fingerprint density at radius 2 is 1.85 bits per heavy atom. The molecule has 1 saturated heterocycles. The molecule has 0 bridgehead atoms. The van der Waals surface area contributed by atoms with Gasteiger partial charge in [-0.2, -0.15) is 0 Å². The summed E-state index contributed by atoms with van der Waals surface area (Å²) in [6, 6.07) is 14.2. The molecule has 2 amide bonds. The van der Waals surface area contributed by atoms with Gasteiger partial charge in [0.15, 0.2) is 0 Å². The lowest BCUT2D eigenvalue weighted by atomic mass is 10.0. The normalized spacial score (nSPS) is 20.4. The molecule has 27 heavy (non-hydrogen) atoms. The standard InChI is InChI=1S/C21H26N4O2/c26-21(24-19-13-16-5-1-2-7-20(16)27-15-19)23-17-8-11-25(12-9-17)14-18-6-3-4-10-22-18/h1-7,10,17,19H,8-9,11-15H2,(H2,23,24,26). The van der Waals surface area contributed by atoms with Crippen LogP contribution in [0.3, 0.4) is 0 Å². The molecule has 1 unspecified atom stereocenters. The van der Waals surface area contributed by atoms with E-state index in [4.69, 9.17) is 4.74 Å². The summed E-state index contributed by atoms with van der Waals surface area (Å²) in [5.41, 5.74) is 2.25. The fourth-order valence-electron chi connectivity index (χ4n) is 3.79. The number of amides is 2. The minimum atomic E-state index is -0.0915. The van der Waals surface area contributed by atoms with Gasteiger partial charge in [-0.3, -0.25) is 9.88 Å². The van der Waals surface area contributed by atoms with Crippen LogP contribution in [0.15, 0.2) is 48.7 Å². The number of carbonyl (C=O) groups is 1. The molecular weight excluding hydrogens is 340 g/mol. The first-order chi connectivity index (χ1) is 13.3. The lowest BCUT2D eigenvalue weighted by Crippen LogP contribution is -2.52. The Morgan fingerprint density at radius 3 is 2.67 bits per heavy atom. The van der Waals surface area contributed by atoms with Crippen LogP contribution >= 0.6 is 0 Å². The van der Waals surface area contributed by atoms with Crippen LogP contribution in [0.25, 0.3) is 0 Å². The molecule has 2 aliphatic rings. The smallest absolute Gasteiger partial charge is 0.315 e. The highest BCUT2D eigenvalue weighted by molar-refractivity contribution is 5.74. The average molecular weight is 366 g/mol. The second-order valence-electron chi connectivity index (χ2n) is 7.31. The number of carbonyl (C=O) groups excluding carboxylic acids is 1. The minimum Gasteiger partial charge on any atom is -0.491 e. The number of nitrogens with one attached hydrogen (secondary N) is 2. The van der Waals surface area contributed by atoms with Gasteiger partial charge in [0, 0.05) is 31.9 Å². The molecule has 2 N–H and O–H groups in total. The van der Waals surface area contributed by atoms with E-state index in [1.165, 1.54) is 0 Å². The molecule has 2 aliphatic heterocycles. The monoisotopic (exact) mass is 366 g/mol. The van der Waals surface area contributed by atoms with E-state index in [-0.39, 0.29) is 18.1 Å². The van der Waals surface area contributed by atoms with Crippen molar-refractivity contribution in [2.45, 2.75) is 37.9 Å². The summed E-state index contributed by atoms with van der Waals surface area (Å²) < 4.78 is 5.74. The molecule has 0 saturated carbocycles. The first-order valence-corrected chi connectivity index (χ1v) is 9.66. The number of ether oxygens (including phenoxy) is 1. The van der Waals surface area contributed by atoms with Crippen molar-refractivity contribution < 1.29 is 9.53 Å². The molecule has 6 heteroatoms. The number of rotatable bonds is 4. The van der Waals surface area contributed by atoms with Crippen molar-refractivity contribution >= 4 is 6.03 Å². The van der Waals surface area contributed by atoms with Gasteiger partial charge in [-0.1, -0.05) is 24.3 Å². The molecular formula is C21H26N4O2. The van der Waals surface area contributed by atoms with Gasteiger partial charge in [-0.25, -0.2) is 4.79 Å². The van der Waals surface area contributed by atoms with Crippen LogP contribution in [0.1, 0.15) is 24.1 Å². The van der Waals surface area contributed by atoms with Crippen molar-refractivity contribution in [3.05, 3.63) is 59.9 Å². The average Bonchev–Trinajstić information content (AvgIpc) is 2.70. The summed E-state index contributed by atoms with van der Waals surface area (Å²) in [6.45, 7) is 3.34. The van der Waals surface area contributed by atoms with Crippen molar-refractivity contribution in [2.75, 3.05) is 19.7 Å². The third-order valence-electron chi connectivity index (χ3n) is 5.25. The predicted molar refractivity (Wildman–Crippen MR) is 104 cm³/mol. The van der Waals surface area contributed by atoms with Gasteiger partial charge in [0.25, 0.3) is 0 Å². The molecule has 6 nitrogen and oxygen atoms in total. The molecule has 3 heterocycles. The van der Waals surface area contributed by atoms with E-state index < -0.39 is 0 Å². The molecule has 0 radical (unpaired) electrons. The first-order valence-electron chi connectivity index (χ1n) is 9.66. The number of hydrogen-bond donors (Lipinski definition) is 2. The Labute approximate surface area is 159 Å². The highest BCUT2D eigenvalue weighted by atomic mass is 16.5. The van der Waals surface area contributed by atoms with Crippen molar-refractivity contribution in [1.29, 1.82) is 0 Å². The summed E-state index contributed by atoms with van der Waals surface area (Å²) in [5, 5.41) is 6.19. The zero-order valence-corrected chi connectivity index (χ0v) is 15.4. The number of hydrogen-bond acceptors (Lipinski definition) is 4. The fraction of sp³-hybridized carbons (Fsp3) is 0.429. The quantitative estimate of drug-likeness (QED) is 0.872. The van der Waals surface area contributed by atoms with Gasteiger partial charge < -0.3 is 15.4 Å². The Kier molecular flexibility index (Phi) is 5.53. The van der Waals surface area contributed by atoms with Crippen molar-refractivity contribution in [1.82, 2.24) is 20.5 Å². The lowest BCUT2D eigenvalue weighted by molar-refractivity contribution is 0.180. The van der Waals surface area contributed by atoms with E-state index >= 15 is 0 Å². The van der Waals surface area contributed by atoms with E-state index in [0.717, 1.165) is 55.9 Å². The number of pyridine rings is 1. The van der Waals surface area contributed by atoms with Gasteiger partial charge in [0.2, 0.25) is 0 Å². The molecule has 0 aliphatic carbocycles. The Bertz CT molecular complexity index is 760. The van der Waals surface area contributed by atoms with Crippen LogP contribution in [0.4, 0.5) is 4.79 Å². The second-order valence-corrected chi connectivity index (χ2v) is 7.31. The number of nitrogens with zero attached hydrogens (tertiary/aromatic N) is 2. The number of urea groups is 1. The first kappa shape index (κ1) is 17.8. The molecule has 2 aromatic rings. The van der Waals surface area contributed by atoms with Crippen LogP contribution < -0.4 is 15.4 Å². The molecule has 1 aromatic carbocycles. The highest BCUT2D eigenvalue weighted by Gasteiger charge is 2.24. The zero-order valence-electron chi connectivity index (χ0n) is 15.4. The van der Waals surface area contributed by atoms with Crippen LogP contribution in [0.5, 0.6) is 5.75 Å². The minimum absolute atomic E-state index is 0.0177. The van der Waals surface area contributed by atoms with E-state index in [1.807, 2.05) is 36.5 Å². The Balaban J connectivity index is 1.20. The summed E-state index contributed by atoms with van der Waals surface area (Å²) in [5.74, 6) is 0.927. The number of aromatic nitrogens is 1. The van der Waals surface area contributed by atoms with E-state index in [0.29, 0.717) is 6.61 Å². The van der Waals surface area contributed by atoms with Gasteiger partial charge in [-0.15, -0.1) is 0 Å². The van der Waals surface area contributed by atoms with Crippen molar-refractivity contribution in [3.63, 3.8) is 0 Å². The van der Waals surface area contributed by atoms with E-state index in [1.54, 1.807) is 0 Å².